The summed E-state index contributed by atoms with van der Waals surface area (Å²) in [5.41, 5.74) is 1.66. The summed E-state index contributed by atoms with van der Waals surface area (Å²) < 4.78 is 62.0. The average Bonchev–Trinajstić information content (AvgIpc) is 3.45. The standard InChI is InChI=1S/C21H18F3N5O5/c1-31-19-13-8-16(34-15(13)4-5-25-19)14-9-26-17-2-3-18(27-29(14)17)33-11-12-10-28(6-7-32-12)20(30)21(22,23)24/h2-5,8-9,12H,6-7,10-11H2,1H3/t12-/m1/s1. The Morgan fingerprint density at radius 1 is 1.26 bits per heavy atom. The van der Waals surface area contributed by atoms with Crippen LogP contribution in [0.25, 0.3) is 28.1 Å². The largest absolute Gasteiger partial charge is 0.480 e. The predicted octanol–water partition coefficient (Wildman–Crippen LogP) is 2.71. The van der Waals surface area contributed by atoms with Crippen LogP contribution in [0.2, 0.25) is 0 Å². The Hall–Kier alpha value is -3.87. The van der Waals surface area contributed by atoms with Crippen molar-refractivity contribution >= 4 is 22.5 Å². The normalized spacial score (nSPS) is 16.8. The van der Waals surface area contributed by atoms with E-state index in [2.05, 4.69) is 15.1 Å². The van der Waals surface area contributed by atoms with Gasteiger partial charge in [-0.2, -0.15) is 13.2 Å². The van der Waals surface area contributed by atoms with E-state index in [1.807, 2.05) is 0 Å². The minimum atomic E-state index is -4.93. The third-order valence-corrected chi connectivity index (χ3v) is 5.28. The topological polar surface area (TPSA) is 104 Å². The number of amides is 1. The molecule has 4 aromatic rings. The van der Waals surface area contributed by atoms with Gasteiger partial charge in [-0.3, -0.25) is 4.79 Å². The van der Waals surface area contributed by atoms with E-state index in [1.165, 1.54) is 11.6 Å². The van der Waals surface area contributed by atoms with E-state index in [0.717, 1.165) is 0 Å². The molecular formula is C21H18F3N5O5. The summed E-state index contributed by atoms with van der Waals surface area (Å²) in [6, 6.07) is 6.74. The highest BCUT2D eigenvalue weighted by atomic mass is 19.4. The first kappa shape index (κ1) is 21.9. The average molecular weight is 477 g/mol. The van der Waals surface area contributed by atoms with Crippen LogP contribution in [0.15, 0.2) is 41.1 Å². The zero-order valence-electron chi connectivity index (χ0n) is 17.8. The van der Waals surface area contributed by atoms with Crippen LogP contribution in [0.3, 0.4) is 0 Å². The van der Waals surface area contributed by atoms with E-state index >= 15 is 0 Å². The maximum Gasteiger partial charge on any atom is 0.471 e. The van der Waals surface area contributed by atoms with E-state index in [9.17, 15) is 18.0 Å². The minimum absolute atomic E-state index is 0.0155. The summed E-state index contributed by atoms with van der Waals surface area (Å²) in [6.07, 6.45) is -2.49. The molecule has 4 aromatic heterocycles. The second-order valence-electron chi connectivity index (χ2n) is 7.48. The first-order valence-electron chi connectivity index (χ1n) is 10.2. The summed E-state index contributed by atoms with van der Waals surface area (Å²) >= 11 is 0. The molecule has 5 heterocycles. The van der Waals surface area contributed by atoms with Crippen LogP contribution in [-0.4, -0.2) is 76.1 Å². The summed E-state index contributed by atoms with van der Waals surface area (Å²) in [7, 11) is 1.52. The van der Waals surface area contributed by atoms with Gasteiger partial charge < -0.3 is 23.5 Å². The van der Waals surface area contributed by atoms with Crippen molar-refractivity contribution in [2.75, 3.05) is 33.4 Å². The van der Waals surface area contributed by atoms with Gasteiger partial charge in [0.25, 0.3) is 0 Å². The lowest BCUT2D eigenvalue weighted by molar-refractivity contribution is -0.191. The molecular weight excluding hydrogens is 459 g/mol. The summed E-state index contributed by atoms with van der Waals surface area (Å²) in [5, 5.41) is 5.10. The Labute approximate surface area is 189 Å². The Kier molecular flexibility index (Phi) is 5.48. The number of pyridine rings is 1. The minimum Gasteiger partial charge on any atom is -0.480 e. The molecule has 34 heavy (non-hydrogen) atoms. The lowest BCUT2D eigenvalue weighted by Crippen LogP contribution is -2.51. The fourth-order valence-electron chi connectivity index (χ4n) is 3.69. The molecule has 1 saturated heterocycles. The third kappa shape index (κ3) is 4.09. The van der Waals surface area contributed by atoms with Crippen molar-refractivity contribution in [2.45, 2.75) is 12.3 Å². The molecule has 0 N–H and O–H groups in total. The van der Waals surface area contributed by atoms with E-state index in [-0.39, 0.29) is 32.2 Å². The SMILES string of the molecule is COc1nccc2oc(-c3cnc4ccc(OC[C@H]5CN(C(=O)C(F)(F)F)CCO5)nn34)cc12. The van der Waals surface area contributed by atoms with Gasteiger partial charge in [-0.1, -0.05) is 0 Å². The van der Waals surface area contributed by atoms with Gasteiger partial charge in [-0.15, -0.1) is 5.10 Å². The predicted molar refractivity (Wildman–Crippen MR) is 110 cm³/mol. The molecule has 0 spiro atoms. The fraction of sp³-hybridized carbons (Fsp3) is 0.333. The van der Waals surface area contributed by atoms with Crippen LogP contribution in [0.4, 0.5) is 13.2 Å². The number of alkyl halides is 3. The highest BCUT2D eigenvalue weighted by Gasteiger charge is 2.43. The first-order valence-corrected chi connectivity index (χ1v) is 10.2. The molecule has 0 bridgehead atoms. The van der Waals surface area contributed by atoms with Gasteiger partial charge in [0.1, 0.15) is 24.0 Å². The third-order valence-electron chi connectivity index (χ3n) is 5.28. The zero-order valence-corrected chi connectivity index (χ0v) is 17.8. The fourth-order valence-corrected chi connectivity index (χ4v) is 3.69. The van der Waals surface area contributed by atoms with Gasteiger partial charge in [0, 0.05) is 24.9 Å². The molecule has 1 fully saturated rings. The second-order valence-corrected chi connectivity index (χ2v) is 7.48. The molecule has 0 aliphatic carbocycles. The number of methoxy groups -OCH3 is 1. The molecule has 178 valence electrons. The van der Waals surface area contributed by atoms with Crippen LogP contribution >= 0.6 is 0 Å². The molecule has 5 rings (SSSR count). The molecule has 1 atom stereocenters. The van der Waals surface area contributed by atoms with E-state index in [4.69, 9.17) is 18.6 Å². The van der Waals surface area contributed by atoms with Crippen molar-refractivity contribution in [3.63, 3.8) is 0 Å². The van der Waals surface area contributed by atoms with Gasteiger partial charge in [0.15, 0.2) is 11.4 Å². The van der Waals surface area contributed by atoms with E-state index in [1.54, 1.807) is 36.7 Å². The molecule has 0 aromatic carbocycles. The molecule has 0 unspecified atom stereocenters. The smallest absolute Gasteiger partial charge is 0.471 e. The Morgan fingerprint density at radius 2 is 2.12 bits per heavy atom. The van der Waals surface area contributed by atoms with Gasteiger partial charge >= 0.3 is 12.1 Å². The van der Waals surface area contributed by atoms with Crippen molar-refractivity contribution in [1.82, 2.24) is 24.5 Å². The Morgan fingerprint density at radius 3 is 2.91 bits per heavy atom. The number of carbonyl (C=O) groups is 1. The number of carbonyl (C=O) groups excluding carboxylic acids is 1. The number of aromatic nitrogens is 4. The molecule has 10 nitrogen and oxygen atoms in total. The quantitative estimate of drug-likeness (QED) is 0.432. The molecule has 1 amide bonds. The van der Waals surface area contributed by atoms with Gasteiger partial charge in [-0.05, 0) is 12.1 Å². The first-order chi connectivity index (χ1) is 16.3. The van der Waals surface area contributed by atoms with Crippen LogP contribution in [0, 0.1) is 0 Å². The van der Waals surface area contributed by atoms with Crippen LogP contribution in [0.5, 0.6) is 11.8 Å². The summed E-state index contributed by atoms with van der Waals surface area (Å²) in [5.74, 6) is -0.787. The molecule has 0 radical (unpaired) electrons. The number of hydrogen-bond donors (Lipinski definition) is 0. The summed E-state index contributed by atoms with van der Waals surface area (Å²) in [4.78, 5) is 20.7. The summed E-state index contributed by atoms with van der Waals surface area (Å²) in [6.45, 7) is -0.461. The number of halogens is 3. The van der Waals surface area contributed by atoms with Crippen LogP contribution in [0.1, 0.15) is 0 Å². The highest BCUT2D eigenvalue weighted by molar-refractivity contribution is 5.86. The highest BCUT2D eigenvalue weighted by Crippen LogP contribution is 2.32. The van der Waals surface area contributed by atoms with Crippen LogP contribution in [-0.2, 0) is 9.53 Å². The Balaban J connectivity index is 1.34. The van der Waals surface area contributed by atoms with Crippen molar-refractivity contribution in [3.05, 3.63) is 36.7 Å². The van der Waals surface area contributed by atoms with Crippen molar-refractivity contribution < 1.29 is 36.6 Å². The number of furan rings is 1. The maximum absolute atomic E-state index is 12.7. The van der Waals surface area contributed by atoms with Crippen molar-refractivity contribution in [2.24, 2.45) is 0 Å². The molecule has 1 aliphatic heterocycles. The van der Waals surface area contributed by atoms with E-state index < -0.39 is 18.2 Å². The molecule has 0 saturated carbocycles. The number of nitrogens with zero attached hydrogens (tertiary/aromatic N) is 5. The lowest BCUT2D eigenvalue weighted by atomic mass is 10.3. The lowest BCUT2D eigenvalue weighted by Gasteiger charge is -2.33. The van der Waals surface area contributed by atoms with Gasteiger partial charge in [0.2, 0.25) is 11.8 Å². The number of ether oxygens (including phenoxy) is 3. The number of fused-ring (bicyclic) bond motifs is 2. The molecule has 13 heteroatoms. The van der Waals surface area contributed by atoms with Crippen LogP contribution < -0.4 is 9.47 Å². The van der Waals surface area contributed by atoms with Gasteiger partial charge in [0.05, 0.1) is 31.8 Å². The second kappa shape index (κ2) is 8.48. The number of imidazole rings is 1. The maximum atomic E-state index is 12.7. The Bertz CT molecular complexity index is 1350. The van der Waals surface area contributed by atoms with Crippen molar-refractivity contribution in [1.29, 1.82) is 0 Å². The van der Waals surface area contributed by atoms with Crippen molar-refractivity contribution in [3.8, 4) is 23.2 Å². The van der Waals surface area contributed by atoms with E-state index in [0.29, 0.717) is 38.9 Å². The number of hydrogen-bond acceptors (Lipinski definition) is 8. The van der Waals surface area contributed by atoms with Gasteiger partial charge in [-0.25, -0.2) is 14.5 Å². The number of morpholine rings is 1. The number of rotatable bonds is 5. The zero-order chi connectivity index (χ0) is 23.9. The molecule has 1 aliphatic rings. The monoisotopic (exact) mass is 477 g/mol.